The number of pyridine rings is 4. The van der Waals surface area contributed by atoms with E-state index in [-0.39, 0.29) is 22.2 Å². The number of nitrogens with zero attached hydrogens (tertiary/aromatic N) is 7. The van der Waals surface area contributed by atoms with E-state index in [1.54, 1.807) is 60.4 Å². The Bertz CT molecular complexity index is 3120. The number of rotatable bonds is 12. The highest BCUT2D eigenvalue weighted by molar-refractivity contribution is 7.90. The van der Waals surface area contributed by atoms with E-state index in [1.165, 1.54) is 52.0 Å². The second kappa shape index (κ2) is 18.6. The van der Waals surface area contributed by atoms with E-state index < -0.39 is 10.0 Å². The Morgan fingerprint density at radius 3 is 1.80 bits per heavy atom. The number of aryl methyl sites for hydroxylation is 4. The molecule has 0 spiro atoms. The van der Waals surface area contributed by atoms with Crippen LogP contribution in [0, 0.1) is 11.6 Å². The summed E-state index contributed by atoms with van der Waals surface area (Å²) < 4.78 is 54.5. The fourth-order valence-electron chi connectivity index (χ4n) is 6.55. The molecule has 1 aromatic carbocycles. The molecule has 8 heterocycles. The molecule has 10 nitrogen and oxygen atoms in total. The summed E-state index contributed by atoms with van der Waals surface area (Å²) in [6.07, 6.45) is 15.7. The predicted octanol–water partition coefficient (Wildman–Crippen LogP) is 11.2. The molecule has 310 valence electrons. The lowest BCUT2D eigenvalue weighted by atomic mass is 10.1. The molecule has 0 aliphatic rings. The second-order valence-corrected chi connectivity index (χ2v) is 19.4. The van der Waals surface area contributed by atoms with Crippen molar-refractivity contribution in [3.05, 3.63) is 178 Å². The van der Waals surface area contributed by atoms with Crippen molar-refractivity contribution in [1.29, 1.82) is 0 Å². The molecule has 0 unspecified atom stereocenters. The summed E-state index contributed by atoms with van der Waals surface area (Å²) in [6.45, 7) is 0. The van der Waals surface area contributed by atoms with Crippen molar-refractivity contribution in [2.75, 3.05) is 0 Å². The maximum absolute atomic E-state index is 13.4. The van der Waals surface area contributed by atoms with E-state index in [1.807, 2.05) is 12.3 Å². The Hall–Kier alpha value is -4.87. The summed E-state index contributed by atoms with van der Waals surface area (Å²) in [6, 6.07) is 14.7. The van der Waals surface area contributed by atoms with E-state index in [9.17, 15) is 17.2 Å². The van der Waals surface area contributed by atoms with Crippen LogP contribution in [0.1, 0.15) is 42.0 Å². The van der Waals surface area contributed by atoms with Gasteiger partial charge in [-0.05, 0) is 71.5 Å². The van der Waals surface area contributed by atoms with Gasteiger partial charge in [0.15, 0.2) is 5.65 Å². The van der Waals surface area contributed by atoms with Gasteiger partial charge >= 0.3 is 0 Å². The van der Waals surface area contributed by atoms with Crippen molar-refractivity contribution in [1.82, 2.24) is 38.9 Å². The minimum atomic E-state index is -3.87. The van der Waals surface area contributed by atoms with Crippen LogP contribution in [-0.4, -0.2) is 47.3 Å². The lowest BCUT2D eigenvalue weighted by Gasteiger charge is -2.06. The largest absolute Gasteiger partial charge is 0.346 e. The average Bonchev–Trinajstić information content (AvgIpc) is 4.01. The standard InChI is InChI=1S/C24H17Cl2FN4O2S2.C18H13Cl2FN4S/c25-17-10-20-16(14-31(24(20)29-12-17)35(32,33)19-4-2-1-3-5-19)9-21-23(26)30-22(34-21)7-6-15-8-18(27)13-28-11-15;19-12-5-14-11(7-23-18(14)24-8-12)4-15-17(20)25-16(26-15)2-1-10-3-13(21)9-22-6-10/h1-5,8,10-14H,6-7,9H2;3,5-9H,1-2,4H2,(H,23,24). The van der Waals surface area contributed by atoms with Gasteiger partial charge in [0, 0.05) is 83.4 Å². The summed E-state index contributed by atoms with van der Waals surface area (Å²) in [5.74, 6) is -0.707. The third-order valence-electron chi connectivity index (χ3n) is 9.41. The van der Waals surface area contributed by atoms with Crippen LogP contribution in [0.3, 0.4) is 0 Å². The summed E-state index contributed by atoms with van der Waals surface area (Å²) >= 11 is 28.0. The molecule has 9 aromatic rings. The van der Waals surface area contributed by atoms with Gasteiger partial charge in [-0.2, -0.15) is 0 Å². The molecule has 0 amide bonds. The van der Waals surface area contributed by atoms with Crippen LogP contribution in [0.15, 0.2) is 109 Å². The van der Waals surface area contributed by atoms with Gasteiger partial charge < -0.3 is 4.98 Å². The van der Waals surface area contributed by atoms with Crippen LogP contribution >= 0.6 is 69.1 Å². The molecular formula is C42H30Cl4F2N8O2S3. The van der Waals surface area contributed by atoms with Crippen LogP contribution in [0.5, 0.6) is 0 Å². The molecule has 0 aliphatic heterocycles. The number of nitrogens with one attached hydrogen (secondary N) is 1. The average molecular weight is 955 g/mol. The van der Waals surface area contributed by atoms with Crippen LogP contribution in [0.2, 0.25) is 20.4 Å². The number of hydrogen-bond donors (Lipinski definition) is 1. The molecule has 0 bridgehead atoms. The SMILES string of the molecule is Fc1cncc(CCc2nc(Cl)c(Cc3c[nH]c4ncc(Cl)cc34)s2)c1.O=S(=O)(c1ccccc1)n1cc(Cc2sc(CCc3cncc(F)c3)nc2Cl)c2cc(Cl)cnc21. The topological polar surface area (TPSA) is 132 Å². The first-order chi connectivity index (χ1) is 29.4. The summed E-state index contributed by atoms with van der Waals surface area (Å²) in [5.41, 5.74) is 4.47. The van der Waals surface area contributed by atoms with Gasteiger partial charge in [-0.25, -0.2) is 41.1 Å². The Morgan fingerprint density at radius 1 is 0.656 bits per heavy atom. The third-order valence-corrected chi connectivity index (χ3v) is 14.6. The molecule has 1 N–H and O–H groups in total. The minimum absolute atomic E-state index is 0.158. The highest BCUT2D eigenvalue weighted by atomic mass is 35.5. The van der Waals surface area contributed by atoms with Gasteiger partial charge in [0.2, 0.25) is 0 Å². The lowest BCUT2D eigenvalue weighted by Crippen LogP contribution is -2.12. The molecule has 61 heavy (non-hydrogen) atoms. The molecule has 0 fully saturated rings. The van der Waals surface area contributed by atoms with Gasteiger partial charge in [-0.15, -0.1) is 22.7 Å². The zero-order chi connectivity index (χ0) is 42.7. The number of aromatic nitrogens is 8. The fraction of sp³-hybridized carbons (Fsp3) is 0.143. The maximum atomic E-state index is 13.4. The number of halogens is 6. The summed E-state index contributed by atoms with van der Waals surface area (Å²) in [5, 5.41) is 5.17. The first kappa shape index (κ1) is 42.8. The van der Waals surface area contributed by atoms with E-state index in [0.29, 0.717) is 69.8 Å². The zero-order valence-corrected chi connectivity index (χ0v) is 37.0. The van der Waals surface area contributed by atoms with Crippen LogP contribution in [-0.2, 0) is 48.5 Å². The van der Waals surface area contributed by atoms with Crippen molar-refractivity contribution in [2.24, 2.45) is 0 Å². The van der Waals surface area contributed by atoms with Crippen molar-refractivity contribution in [2.45, 2.75) is 43.4 Å². The fourth-order valence-corrected chi connectivity index (χ4v) is 10.9. The van der Waals surface area contributed by atoms with Crippen molar-refractivity contribution >= 4 is 101 Å². The number of hydrogen-bond acceptors (Lipinski definition) is 10. The highest BCUT2D eigenvalue weighted by Crippen LogP contribution is 2.33. The van der Waals surface area contributed by atoms with E-state index in [2.05, 4.69) is 34.9 Å². The third kappa shape index (κ3) is 10.1. The Morgan fingerprint density at radius 2 is 1.21 bits per heavy atom. The predicted molar refractivity (Wildman–Crippen MR) is 238 cm³/mol. The monoisotopic (exact) mass is 952 g/mol. The van der Waals surface area contributed by atoms with Crippen LogP contribution in [0.4, 0.5) is 8.78 Å². The van der Waals surface area contributed by atoms with Gasteiger partial charge in [0.1, 0.15) is 27.6 Å². The first-order valence-electron chi connectivity index (χ1n) is 18.4. The normalized spacial score (nSPS) is 11.6. The second-order valence-electron chi connectivity index (χ2n) is 13.7. The molecule has 0 saturated heterocycles. The van der Waals surface area contributed by atoms with Gasteiger partial charge in [0.05, 0.1) is 37.3 Å². The smallest absolute Gasteiger partial charge is 0.269 e. The lowest BCUT2D eigenvalue weighted by molar-refractivity contribution is 0.588. The van der Waals surface area contributed by atoms with Crippen LogP contribution < -0.4 is 0 Å². The van der Waals surface area contributed by atoms with E-state index in [0.717, 1.165) is 53.7 Å². The van der Waals surface area contributed by atoms with Crippen LogP contribution in [0.25, 0.3) is 22.1 Å². The molecule has 9 rings (SSSR count). The number of fused-ring (bicyclic) bond motifs is 2. The number of benzene rings is 1. The minimum Gasteiger partial charge on any atom is -0.346 e. The van der Waals surface area contributed by atoms with Gasteiger partial charge in [0.25, 0.3) is 10.0 Å². The molecule has 0 atom stereocenters. The van der Waals surface area contributed by atoms with Crippen molar-refractivity contribution in [3.63, 3.8) is 0 Å². The Labute approximate surface area is 376 Å². The van der Waals surface area contributed by atoms with Gasteiger partial charge in [-0.1, -0.05) is 64.6 Å². The Balaban J connectivity index is 0.000000176. The van der Waals surface area contributed by atoms with Gasteiger partial charge in [-0.3, -0.25) is 9.97 Å². The summed E-state index contributed by atoms with van der Waals surface area (Å²) in [4.78, 5) is 30.3. The summed E-state index contributed by atoms with van der Waals surface area (Å²) in [7, 11) is -3.87. The number of aromatic amines is 1. The quantitative estimate of drug-likeness (QED) is 0.128. The maximum Gasteiger partial charge on any atom is 0.269 e. The molecule has 0 aliphatic carbocycles. The molecule has 8 aromatic heterocycles. The number of thiazole rings is 2. The zero-order valence-electron chi connectivity index (χ0n) is 31.5. The molecule has 0 saturated carbocycles. The highest BCUT2D eigenvalue weighted by Gasteiger charge is 2.24. The molecule has 0 radical (unpaired) electrons. The van der Waals surface area contributed by atoms with E-state index in [4.69, 9.17) is 46.4 Å². The molecular weight excluding hydrogens is 925 g/mol. The van der Waals surface area contributed by atoms with E-state index >= 15 is 0 Å². The van der Waals surface area contributed by atoms with Crippen molar-refractivity contribution < 1.29 is 17.2 Å². The number of H-pyrrole nitrogens is 1. The van der Waals surface area contributed by atoms with Crippen molar-refractivity contribution in [3.8, 4) is 0 Å². The molecule has 19 heteroatoms. The first-order valence-corrected chi connectivity index (χ1v) is 23.0. The Kier molecular flexibility index (Phi) is 13.1.